The zero-order chi connectivity index (χ0) is 21.5. The highest BCUT2D eigenvalue weighted by Crippen LogP contribution is 2.50. The number of amides is 2. The van der Waals surface area contributed by atoms with E-state index in [1.54, 1.807) is 21.9 Å². The molecule has 30 heavy (non-hydrogen) atoms. The number of anilines is 2. The van der Waals surface area contributed by atoms with Crippen molar-refractivity contribution in [1.82, 2.24) is 4.90 Å². The number of benzene rings is 2. The van der Waals surface area contributed by atoms with E-state index >= 15 is 0 Å². The van der Waals surface area contributed by atoms with Crippen molar-refractivity contribution in [3.8, 4) is 6.07 Å². The number of hydrogen-bond acceptors (Lipinski definition) is 4. The van der Waals surface area contributed by atoms with Crippen LogP contribution in [0.2, 0.25) is 0 Å². The maximum absolute atomic E-state index is 13.7. The van der Waals surface area contributed by atoms with E-state index in [2.05, 4.69) is 6.07 Å². The Hall–Kier alpha value is -3.33. The highest BCUT2D eigenvalue weighted by atomic mass is 16.6. The van der Waals surface area contributed by atoms with Crippen LogP contribution in [0.15, 0.2) is 48.5 Å². The van der Waals surface area contributed by atoms with E-state index in [1.165, 1.54) is 0 Å². The summed E-state index contributed by atoms with van der Waals surface area (Å²) in [5, 5.41) is 9.07. The lowest BCUT2D eigenvalue weighted by Gasteiger charge is -2.38. The van der Waals surface area contributed by atoms with Gasteiger partial charge in [-0.3, -0.25) is 9.69 Å². The van der Waals surface area contributed by atoms with Crippen molar-refractivity contribution >= 4 is 23.4 Å². The molecule has 0 saturated carbocycles. The summed E-state index contributed by atoms with van der Waals surface area (Å²) in [5.41, 5.74) is 1.98. The van der Waals surface area contributed by atoms with Crippen molar-refractivity contribution < 1.29 is 14.3 Å². The smallest absolute Gasteiger partial charge is 0.410 e. The summed E-state index contributed by atoms with van der Waals surface area (Å²) in [5.74, 6) is 0.0252. The van der Waals surface area contributed by atoms with E-state index in [9.17, 15) is 9.59 Å². The van der Waals surface area contributed by atoms with Gasteiger partial charge in [-0.15, -0.1) is 0 Å². The number of piperidine rings is 1. The summed E-state index contributed by atoms with van der Waals surface area (Å²) < 4.78 is 5.50. The Labute approximate surface area is 176 Å². The third kappa shape index (κ3) is 3.30. The molecular weight excluding hydrogens is 378 g/mol. The van der Waals surface area contributed by atoms with Crippen LogP contribution in [0.5, 0.6) is 0 Å². The Bertz CT molecular complexity index is 1020. The van der Waals surface area contributed by atoms with Gasteiger partial charge in [-0.2, -0.15) is 5.26 Å². The predicted molar refractivity (Wildman–Crippen MR) is 113 cm³/mol. The number of para-hydroxylation sites is 1. The second kappa shape index (κ2) is 7.17. The molecule has 0 aliphatic carbocycles. The molecule has 0 atom stereocenters. The Morgan fingerprint density at radius 3 is 2.30 bits per heavy atom. The van der Waals surface area contributed by atoms with Crippen molar-refractivity contribution in [3.63, 3.8) is 0 Å². The third-order valence-electron chi connectivity index (χ3n) is 5.80. The molecule has 2 aromatic rings. The summed E-state index contributed by atoms with van der Waals surface area (Å²) in [6.07, 6.45) is 0.768. The second-order valence-electron chi connectivity index (χ2n) is 8.87. The van der Waals surface area contributed by atoms with Crippen molar-refractivity contribution in [2.75, 3.05) is 18.0 Å². The van der Waals surface area contributed by atoms with E-state index < -0.39 is 11.0 Å². The van der Waals surface area contributed by atoms with Crippen molar-refractivity contribution in [2.45, 2.75) is 44.6 Å². The Balaban J connectivity index is 1.63. The van der Waals surface area contributed by atoms with Crippen LogP contribution in [-0.2, 0) is 14.9 Å². The first-order chi connectivity index (χ1) is 14.2. The van der Waals surface area contributed by atoms with E-state index in [1.807, 2.05) is 57.2 Å². The fourth-order valence-electron chi connectivity index (χ4n) is 4.33. The molecule has 2 aliphatic rings. The SMILES string of the molecule is CC(C)(C)OC(=O)N1CCC2(CC1)C(=O)N(c1ccc(C#N)cc1)c1ccccc12. The topological polar surface area (TPSA) is 73.6 Å². The van der Waals surface area contributed by atoms with Crippen LogP contribution in [-0.4, -0.2) is 35.6 Å². The number of fused-ring (bicyclic) bond motifs is 2. The van der Waals surface area contributed by atoms with Crippen molar-refractivity contribution in [2.24, 2.45) is 0 Å². The van der Waals surface area contributed by atoms with E-state index in [-0.39, 0.29) is 12.0 Å². The standard InChI is InChI=1S/C24H25N3O3/c1-23(2,3)30-22(29)26-14-12-24(13-15-26)19-6-4-5-7-20(19)27(21(24)28)18-10-8-17(16-25)9-11-18/h4-11H,12-15H2,1-3H3. The van der Waals surface area contributed by atoms with Crippen LogP contribution in [0.4, 0.5) is 16.2 Å². The van der Waals surface area contributed by atoms with E-state index in [0.29, 0.717) is 31.5 Å². The Morgan fingerprint density at radius 1 is 1.07 bits per heavy atom. The first kappa shape index (κ1) is 20.0. The molecule has 1 fully saturated rings. The summed E-state index contributed by atoms with van der Waals surface area (Å²) in [6.45, 7) is 6.49. The molecular formula is C24H25N3O3. The molecule has 1 spiro atoms. The number of carbonyl (C=O) groups excluding carboxylic acids is 2. The fraction of sp³-hybridized carbons (Fsp3) is 0.375. The molecule has 2 aliphatic heterocycles. The average molecular weight is 403 g/mol. The highest BCUT2D eigenvalue weighted by molar-refractivity contribution is 6.13. The first-order valence-electron chi connectivity index (χ1n) is 10.2. The van der Waals surface area contributed by atoms with Gasteiger partial charge in [0.05, 0.1) is 22.7 Å². The number of carbonyl (C=O) groups is 2. The maximum Gasteiger partial charge on any atom is 0.410 e. The van der Waals surface area contributed by atoms with Gasteiger partial charge >= 0.3 is 6.09 Å². The third-order valence-corrected chi connectivity index (χ3v) is 5.80. The number of ether oxygens (including phenoxy) is 1. The number of nitrogens with zero attached hydrogens (tertiary/aromatic N) is 3. The number of likely N-dealkylation sites (tertiary alicyclic amines) is 1. The van der Waals surface area contributed by atoms with Crippen molar-refractivity contribution in [3.05, 3.63) is 59.7 Å². The quantitative estimate of drug-likeness (QED) is 0.702. The molecule has 0 bridgehead atoms. The summed E-state index contributed by atoms with van der Waals surface area (Å²) in [6, 6.07) is 17.0. The van der Waals surface area contributed by atoms with Crippen LogP contribution < -0.4 is 4.90 Å². The van der Waals surface area contributed by atoms with Crippen molar-refractivity contribution in [1.29, 1.82) is 5.26 Å². The second-order valence-corrected chi connectivity index (χ2v) is 8.87. The van der Waals surface area contributed by atoms with Crippen LogP contribution in [0.25, 0.3) is 0 Å². The molecule has 1 saturated heterocycles. The summed E-state index contributed by atoms with van der Waals surface area (Å²) in [4.78, 5) is 29.6. The maximum atomic E-state index is 13.7. The first-order valence-corrected chi connectivity index (χ1v) is 10.2. The van der Waals surface area contributed by atoms with Gasteiger partial charge in [0.25, 0.3) is 0 Å². The molecule has 154 valence electrons. The molecule has 2 aromatic carbocycles. The molecule has 0 radical (unpaired) electrons. The lowest BCUT2D eigenvalue weighted by molar-refractivity contribution is -0.124. The zero-order valence-corrected chi connectivity index (χ0v) is 17.5. The van der Waals surface area contributed by atoms with Gasteiger partial charge in [-0.25, -0.2) is 4.79 Å². The molecule has 2 heterocycles. The van der Waals surface area contributed by atoms with Gasteiger partial charge in [-0.1, -0.05) is 18.2 Å². The Morgan fingerprint density at radius 2 is 1.70 bits per heavy atom. The van der Waals surface area contributed by atoms with Crippen LogP contribution in [0.1, 0.15) is 44.7 Å². The molecule has 6 heteroatoms. The molecule has 0 aromatic heterocycles. The highest BCUT2D eigenvalue weighted by Gasteiger charge is 2.53. The Kier molecular flexibility index (Phi) is 4.77. The normalized spacial score (nSPS) is 17.6. The monoisotopic (exact) mass is 403 g/mol. The average Bonchev–Trinajstić information content (AvgIpc) is 2.96. The van der Waals surface area contributed by atoms with Gasteiger partial charge in [-0.05, 0) is 69.5 Å². The summed E-state index contributed by atoms with van der Waals surface area (Å²) >= 11 is 0. The largest absolute Gasteiger partial charge is 0.444 e. The minimum absolute atomic E-state index is 0.0252. The minimum Gasteiger partial charge on any atom is -0.444 e. The molecule has 6 nitrogen and oxygen atoms in total. The number of rotatable bonds is 1. The zero-order valence-electron chi connectivity index (χ0n) is 17.5. The van der Waals surface area contributed by atoms with E-state index in [0.717, 1.165) is 16.9 Å². The summed E-state index contributed by atoms with van der Waals surface area (Å²) in [7, 11) is 0. The number of nitriles is 1. The minimum atomic E-state index is -0.650. The van der Waals surface area contributed by atoms with Crippen LogP contribution >= 0.6 is 0 Å². The van der Waals surface area contributed by atoms with Gasteiger partial charge in [0.1, 0.15) is 5.60 Å². The number of hydrogen-bond donors (Lipinski definition) is 0. The fourth-order valence-corrected chi connectivity index (χ4v) is 4.33. The van der Waals surface area contributed by atoms with Gasteiger partial charge in [0, 0.05) is 18.8 Å². The molecule has 0 unspecified atom stereocenters. The van der Waals surface area contributed by atoms with Gasteiger partial charge in [0.2, 0.25) is 5.91 Å². The molecule has 2 amide bonds. The predicted octanol–water partition coefficient (Wildman–Crippen LogP) is 4.51. The lowest BCUT2D eigenvalue weighted by atomic mass is 9.73. The van der Waals surface area contributed by atoms with E-state index in [4.69, 9.17) is 10.00 Å². The molecule has 4 rings (SSSR count). The van der Waals surface area contributed by atoms with Crippen LogP contribution in [0.3, 0.4) is 0 Å². The lowest BCUT2D eigenvalue weighted by Crippen LogP contribution is -2.50. The van der Waals surface area contributed by atoms with Gasteiger partial charge in [0.15, 0.2) is 0 Å². The molecule has 0 N–H and O–H groups in total. The van der Waals surface area contributed by atoms with Crippen LogP contribution in [0, 0.1) is 11.3 Å². The van der Waals surface area contributed by atoms with Gasteiger partial charge < -0.3 is 9.64 Å².